The second-order valence-corrected chi connectivity index (χ2v) is 6.35. The van der Waals surface area contributed by atoms with Gasteiger partial charge in [0.1, 0.15) is 5.69 Å². The molecule has 3 atom stereocenters. The lowest BCUT2D eigenvalue weighted by Crippen LogP contribution is -2.32. The predicted molar refractivity (Wildman–Crippen MR) is 80.3 cm³/mol. The molecule has 1 aliphatic carbocycles. The molecule has 0 spiro atoms. The number of hydrogen-bond donors (Lipinski definition) is 1. The molecule has 1 aromatic rings. The third-order valence-electron chi connectivity index (χ3n) is 4.97. The Morgan fingerprint density at radius 3 is 2.76 bits per heavy atom. The molecule has 1 aliphatic heterocycles. The Labute approximate surface area is 124 Å². The summed E-state index contributed by atoms with van der Waals surface area (Å²) in [7, 11) is 1.80. The van der Waals surface area contributed by atoms with Crippen molar-refractivity contribution in [1.29, 1.82) is 0 Å². The van der Waals surface area contributed by atoms with Crippen LogP contribution in [0.1, 0.15) is 31.9 Å². The summed E-state index contributed by atoms with van der Waals surface area (Å²) in [4.78, 5) is 13.3. The minimum absolute atomic E-state index is 0.183. The molecule has 0 aromatic carbocycles. The fraction of sp³-hybridized carbons (Fsp3) is 0.786. The molecule has 21 heavy (non-hydrogen) atoms. The van der Waals surface area contributed by atoms with Crippen LogP contribution >= 0.6 is 0 Å². The van der Waals surface area contributed by atoms with Gasteiger partial charge < -0.3 is 10.6 Å². The van der Waals surface area contributed by atoms with E-state index >= 15 is 0 Å². The molecule has 2 aliphatic rings. The first-order valence-corrected chi connectivity index (χ1v) is 7.72. The van der Waals surface area contributed by atoms with Gasteiger partial charge in [0.25, 0.3) is 0 Å². The number of nitrogens with two attached hydrogens (primary N) is 1. The molecule has 7 nitrogen and oxygen atoms in total. The van der Waals surface area contributed by atoms with E-state index in [1.807, 2.05) is 6.92 Å². The third kappa shape index (κ3) is 2.39. The molecule has 2 N–H and O–H groups in total. The van der Waals surface area contributed by atoms with Gasteiger partial charge in [-0.15, -0.1) is 0 Å². The van der Waals surface area contributed by atoms with Gasteiger partial charge in [0.2, 0.25) is 5.82 Å². The van der Waals surface area contributed by atoms with E-state index in [4.69, 9.17) is 5.73 Å². The number of aromatic nitrogens is 2. The number of rotatable bonds is 3. The molecule has 1 aromatic heterocycles. The van der Waals surface area contributed by atoms with Gasteiger partial charge in [-0.3, -0.25) is 10.1 Å². The number of aryl methyl sites for hydroxylation is 2. The SMILES string of the molecule is CCc1nn(C)c(N2C[C@H]3CCC(N)C[C@H]3C2)c1[N+](=O)[O-]. The molecule has 0 amide bonds. The lowest BCUT2D eigenvalue weighted by molar-refractivity contribution is -0.384. The van der Waals surface area contributed by atoms with Crippen molar-refractivity contribution in [2.45, 2.75) is 38.6 Å². The standard InChI is InChI=1S/C14H23N5O2/c1-3-12-13(19(20)21)14(17(2)16-12)18-7-9-4-5-11(15)6-10(9)8-18/h9-11H,3-8,15H2,1-2H3/t9-,10+,11?/m1/s1. The van der Waals surface area contributed by atoms with Crippen molar-refractivity contribution in [2.75, 3.05) is 18.0 Å². The highest BCUT2D eigenvalue weighted by molar-refractivity contribution is 5.62. The summed E-state index contributed by atoms with van der Waals surface area (Å²) >= 11 is 0. The highest BCUT2D eigenvalue weighted by atomic mass is 16.6. The van der Waals surface area contributed by atoms with Crippen LogP contribution in [-0.2, 0) is 13.5 Å². The zero-order chi connectivity index (χ0) is 15.1. The summed E-state index contributed by atoms with van der Waals surface area (Å²) in [6.45, 7) is 3.66. The van der Waals surface area contributed by atoms with Crippen LogP contribution in [0.3, 0.4) is 0 Å². The van der Waals surface area contributed by atoms with Crippen LogP contribution in [0.5, 0.6) is 0 Å². The quantitative estimate of drug-likeness (QED) is 0.673. The Bertz CT molecular complexity index is 556. The van der Waals surface area contributed by atoms with E-state index in [1.165, 1.54) is 0 Å². The Morgan fingerprint density at radius 2 is 2.10 bits per heavy atom. The van der Waals surface area contributed by atoms with Crippen molar-refractivity contribution in [3.05, 3.63) is 15.8 Å². The number of fused-ring (bicyclic) bond motifs is 1. The van der Waals surface area contributed by atoms with Crippen LogP contribution in [0, 0.1) is 22.0 Å². The number of anilines is 1. The van der Waals surface area contributed by atoms with Gasteiger partial charge in [0.15, 0.2) is 0 Å². The summed E-state index contributed by atoms with van der Waals surface area (Å²) in [5.41, 5.74) is 6.82. The van der Waals surface area contributed by atoms with Crippen molar-refractivity contribution in [3.8, 4) is 0 Å². The number of nitrogens with zero attached hydrogens (tertiary/aromatic N) is 4. The summed E-state index contributed by atoms with van der Waals surface area (Å²) in [6, 6.07) is 0.291. The molecule has 2 fully saturated rings. The maximum Gasteiger partial charge on any atom is 0.334 e. The van der Waals surface area contributed by atoms with Crippen molar-refractivity contribution in [3.63, 3.8) is 0 Å². The maximum atomic E-state index is 11.4. The van der Waals surface area contributed by atoms with E-state index in [0.717, 1.165) is 32.4 Å². The smallest absolute Gasteiger partial charge is 0.334 e. The minimum atomic E-state index is -0.283. The first-order chi connectivity index (χ1) is 10.0. The molecule has 3 rings (SSSR count). The molecule has 116 valence electrons. The average Bonchev–Trinajstić information content (AvgIpc) is 2.98. The molecule has 7 heteroatoms. The largest absolute Gasteiger partial charge is 0.351 e. The topological polar surface area (TPSA) is 90.2 Å². The molecular weight excluding hydrogens is 270 g/mol. The summed E-state index contributed by atoms with van der Waals surface area (Å²) in [5, 5.41) is 15.8. The van der Waals surface area contributed by atoms with Crippen LogP contribution < -0.4 is 10.6 Å². The molecular formula is C14H23N5O2. The summed E-state index contributed by atoms with van der Waals surface area (Å²) < 4.78 is 1.67. The zero-order valence-corrected chi connectivity index (χ0v) is 12.7. The van der Waals surface area contributed by atoms with Crippen LogP contribution in [-0.4, -0.2) is 33.8 Å². The lowest BCUT2D eigenvalue weighted by Gasteiger charge is -2.27. The van der Waals surface area contributed by atoms with Crippen molar-refractivity contribution >= 4 is 11.5 Å². The molecule has 1 unspecified atom stereocenters. The Balaban J connectivity index is 1.91. The molecule has 0 radical (unpaired) electrons. The van der Waals surface area contributed by atoms with Crippen molar-refractivity contribution in [1.82, 2.24) is 9.78 Å². The Hall–Kier alpha value is -1.63. The van der Waals surface area contributed by atoms with Crippen LogP contribution in [0.15, 0.2) is 0 Å². The summed E-state index contributed by atoms with van der Waals surface area (Å²) in [5.74, 6) is 1.84. The normalized spacial score (nSPS) is 28.7. The van der Waals surface area contributed by atoms with Gasteiger partial charge in [-0.1, -0.05) is 6.92 Å². The third-order valence-corrected chi connectivity index (χ3v) is 4.97. The fourth-order valence-electron chi connectivity index (χ4n) is 3.98. The van der Waals surface area contributed by atoms with E-state index in [-0.39, 0.29) is 10.6 Å². The van der Waals surface area contributed by atoms with E-state index < -0.39 is 0 Å². The number of hydrogen-bond acceptors (Lipinski definition) is 5. The molecule has 2 heterocycles. The van der Waals surface area contributed by atoms with Gasteiger partial charge in [0, 0.05) is 26.2 Å². The van der Waals surface area contributed by atoms with Crippen molar-refractivity contribution in [2.24, 2.45) is 24.6 Å². The van der Waals surface area contributed by atoms with E-state index in [1.54, 1.807) is 11.7 Å². The molecule has 1 saturated heterocycles. The first-order valence-electron chi connectivity index (χ1n) is 7.72. The van der Waals surface area contributed by atoms with E-state index in [9.17, 15) is 10.1 Å². The predicted octanol–water partition coefficient (Wildman–Crippen LogP) is 1.45. The second kappa shape index (κ2) is 5.29. The van der Waals surface area contributed by atoms with Crippen LogP contribution in [0.4, 0.5) is 11.5 Å². The monoisotopic (exact) mass is 293 g/mol. The highest BCUT2D eigenvalue weighted by Crippen LogP contribution is 2.41. The number of nitro groups is 1. The highest BCUT2D eigenvalue weighted by Gasteiger charge is 2.40. The Kier molecular flexibility index (Phi) is 3.61. The average molecular weight is 293 g/mol. The summed E-state index contributed by atoms with van der Waals surface area (Å²) in [6.07, 6.45) is 3.82. The fourth-order valence-corrected chi connectivity index (χ4v) is 3.98. The van der Waals surface area contributed by atoms with E-state index in [0.29, 0.717) is 35.8 Å². The zero-order valence-electron chi connectivity index (χ0n) is 12.7. The maximum absolute atomic E-state index is 11.4. The van der Waals surface area contributed by atoms with Gasteiger partial charge in [-0.25, -0.2) is 4.68 Å². The van der Waals surface area contributed by atoms with Crippen LogP contribution in [0.25, 0.3) is 0 Å². The van der Waals surface area contributed by atoms with Gasteiger partial charge >= 0.3 is 5.69 Å². The van der Waals surface area contributed by atoms with Gasteiger partial charge in [-0.05, 0) is 37.5 Å². The second-order valence-electron chi connectivity index (χ2n) is 6.35. The van der Waals surface area contributed by atoms with Crippen LogP contribution in [0.2, 0.25) is 0 Å². The van der Waals surface area contributed by atoms with Crippen molar-refractivity contribution < 1.29 is 4.92 Å². The van der Waals surface area contributed by atoms with Gasteiger partial charge in [-0.2, -0.15) is 5.10 Å². The molecule has 0 bridgehead atoms. The Morgan fingerprint density at radius 1 is 1.38 bits per heavy atom. The lowest BCUT2D eigenvalue weighted by atomic mass is 9.79. The minimum Gasteiger partial charge on any atom is -0.351 e. The van der Waals surface area contributed by atoms with Gasteiger partial charge in [0.05, 0.1) is 4.92 Å². The first kappa shape index (κ1) is 14.3. The van der Waals surface area contributed by atoms with E-state index in [2.05, 4.69) is 10.00 Å². The molecule has 1 saturated carbocycles.